The summed E-state index contributed by atoms with van der Waals surface area (Å²) in [6, 6.07) is 0. The van der Waals surface area contributed by atoms with Gasteiger partial charge in [0.05, 0.1) is 12.1 Å². The number of aromatic nitrogens is 2. The summed E-state index contributed by atoms with van der Waals surface area (Å²) in [5.41, 5.74) is 0. The number of hydrogen-bond donors (Lipinski definition) is 2. The molecule has 1 unspecified atom stereocenters. The van der Waals surface area contributed by atoms with Crippen LogP contribution >= 0.6 is 0 Å². The van der Waals surface area contributed by atoms with Crippen molar-refractivity contribution >= 4 is 17.6 Å². The smallest absolute Gasteiger partial charge is 0.225 e. The molecule has 0 saturated carbocycles. The number of hydrogen-bond acceptors (Lipinski definition) is 5. The third kappa shape index (κ3) is 4.68. The standard InChI is InChI=1S/C15H23N5O2/c1-11(2)9-20-10-12(7-14(20)21)15(22)19-6-5-18-13-8-16-3-4-17-13/h3-4,8,11-12H,5-7,9-10H2,1-2H3,(H,17,18)(H,19,22). The fourth-order valence-corrected chi connectivity index (χ4v) is 2.48. The first-order valence-corrected chi connectivity index (χ1v) is 7.61. The third-order valence-corrected chi connectivity index (χ3v) is 3.46. The Morgan fingerprint density at radius 2 is 2.23 bits per heavy atom. The quantitative estimate of drug-likeness (QED) is 0.717. The van der Waals surface area contributed by atoms with Gasteiger partial charge in [-0.1, -0.05) is 13.8 Å². The number of carbonyl (C=O) groups is 2. The average molecular weight is 305 g/mol. The zero-order valence-electron chi connectivity index (χ0n) is 13.1. The highest BCUT2D eigenvalue weighted by Crippen LogP contribution is 2.19. The van der Waals surface area contributed by atoms with Gasteiger partial charge in [0.2, 0.25) is 11.8 Å². The number of carbonyl (C=O) groups excluding carboxylic acids is 2. The van der Waals surface area contributed by atoms with E-state index in [0.29, 0.717) is 37.8 Å². The summed E-state index contributed by atoms with van der Waals surface area (Å²) in [5, 5.41) is 5.93. The van der Waals surface area contributed by atoms with Crippen LogP contribution in [0.2, 0.25) is 0 Å². The maximum Gasteiger partial charge on any atom is 0.225 e. The molecule has 1 fully saturated rings. The number of nitrogens with one attached hydrogen (secondary N) is 2. The highest BCUT2D eigenvalue weighted by Gasteiger charge is 2.34. The van der Waals surface area contributed by atoms with E-state index in [0.717, 1.165) is 6.54 Å². The lowest BCUT2D eigenvalue weighted by Gasteiger charge is -2.18. The molecule has 1 aromatic heterocycles. The Morgan fingerprint density at radius 3 is 2.91 bits per heavy atom. The van der Waals surface area contributed by atoms with Crippen molar-refractivity contribution in [2.24, 2.45) is 11.8 Å². The molecule has 1 aliphatic heterocycles. The van der Waals surface area contributed by atoms with E-state index in [1.54, 1.807) is 23.5 Å². The molecular weight excluding hydrogens is 282 g/mol. The van der Waals surface area contributed by atoms with Gasteiger partial charge in [-0.15, -0.1) is 0 Å². The predicted octanol–water partition coefficient (Wildman–Crippen LogP) is 0.509. The third-order valence-electron chi connectivity index (χ3n) is 3.46. The summed E-state index contributed by atoms with van der Waals surface area (Å²) in [6.07, 6.45) is 5.15. The van der Waals surface area contributed by atoms with Crippen molar-refractivity contribution in [1.82, 2.24) is 20.2 Å². The molecule has 0 radical (unpaired) electrons. The molecule has 0 spiro atoms. The van der Waals surface area contributed by atoms with Crippen LogP contribution in [0.4, 0.5) is 5.82 Å². The molecule has 22 heavy (non-hydrogen) atoms. The van der Waals surface area contributed by atoms with Gasteiger partial charge in [-0.2, -0.15) is 0 Å². The topological polar surface area (TPSA) is 87.2 Å². The van der Waals surface area contributed by atoms with E-state index < -0.39 is 0 Å². The van der Waals surface area contributed by atoms with Crippen LogP contribution in [0.1, 0.15) is 20.3 Å². The first-order valence-electron chi connectivity index (χ1n) is 7.61. The molecule has 2 amide bonds. The van der Waals surface area contributed by atoms with Crippen LogP contribution in [0.15, 0.2) is 18.6 Å². The summed E-state index contributed by atoms with van der Waals surface area (Å²) < 4.78 is 0. The molecule has 0 aliphatic carbocycles. The van der Waals surface area contributed by atoms with Gasteiger partial charge < -0.3 is 15.5 Å². The van der Waals surface area contributed by atoms with Gasteiger partial charge in [-0.25, -0.2) is 4.98 Å². The summed E-state index contributed by atoms with van der Waals surface area (Å²) in [6.45, 7) is 6.44. The lowest BCUT2D eigenvalue weighted by atomic mass is 10.1. The number of anilines is 1. The van der Waals surface area contributed by atoms with Gasteiger partial charge in [0.1, 0.15) is 5.82 Å². The Bertz CT molecular complexity index is 506. The van der Waals surface area contributed by atoms with E-state index in [4.69, 9.17) is 0 Å². The lowest BCUT2D eigenvalue weighted by Crippen LogP contribution is -2.36. The molecule has 1 atom stereocenters. The SMILES string of the molecule is CC(C)CN1CC(C(=O)NCCNc2cnccn2)CC1=O. The fraction of sp³-hybridized carbons (Fsp3) is 0.600. The number of nitrogens with zero attached hydrogens (tertiary/aromatic N) is 3. The molecule has 7 nitrogen and oxygen atoms in total. The van der Waals surface area contributed by atoms with E-state index in [9.17, 15) is 9.59 Å². The van der Waals surface area contributed by atoms with Gasteiger partial charge in [-0.3, -0.25) is 14.6 Å². The van der Waals surface area contributed by atoms with Gasteiger partial charge >= 0.3 is 0 Å². The van der Waals surface area contributed by atoms with Crippen LogP contribution in [0.25, 0.3) is 0 Å². The van der Waals surface area contributed by atoms with Crippen molar-refractivity contribution in [3.8, 4) is 0 Å². The van der Waals surface area contributed by atoms with Gasteiger partial charge in [-0.05, 0) is 5.92 Å². The molecule has 120 valence electrons. The van der Waals surface area contributed by atoms with Crippen molar-refractivity contribution in [1.29, 1.82) is 0 Å². The summed E-state index contributed by atoms with van der Waals surface area (Å²) in [5.74, 6) is 0.882. The maximum atomic E-state index is 12.1. The minimum Gasteiger partial charge on any atom is -0.367 e. The largest absolute Gasteiger partial charge is 0.367 e. The summed E-state index contributed by atoms with van der Waals surface area (Å²) >= 11 is 0. The highest BCUT2D eigenvalue weighted by molar-refractivity contribution is 5.89. The first-order chi connectivity index (χ1) is 10.6. The van der Waals surface area contributed by atoms with Gasteiger partial charge in [0.15, 0.2) is 0 Å². The van der Waals surface area contributed by atoms with Crippen LogP contribution in [0.5, 0.6) is 0 Å². The van der Waals surface area contributed by atoms with Gasteiger partial charge in [0, 0.05) is 45.0 Å². The van der Waals surface area contributed by atoms with Crippen LogP contribution < -0.4 is 10.6 Å². The summed E-state index contributed by atoms with van der Waals surface area (Å²) in [4.78, 5) is 33.8. The Hall–Kier alpha value is -2.18. The van der Waals surface area contributed by atoms with Crippen molar-refractivity contribution in [2.75, 3.05) is 31.5 Å². The van der Waals surface area contributed by atoms with Crippen LogP contribution in [0.3, 0.4) is 0 Å². The Labute approximate surface area is 130 Å². The molecule has 0 bridgehead atoms. The molecule has 1 aliphatic rings. The predicted molar refractivity (Wildman–Crippen MR) is 83.1 cm³/mol. The van der Waals surface area contributed by atoms with Crippen molar-refractivity contribution in [3.05, 3.63) is 18.6 Å². The minimum absolute atomic E-state index is 0.0550. The number of rotatable bonds is 7. The van der Waals surface area contributed by atoms with E-state index >= 15 is 0 Å². The zero-order valence-corrected chi connectivity index (χ0v) is 13.1. The fourth-order valence-electron chi connectivity index (χ4n) is 2.48. The lowest BCUT2D eigenvalue weighted by molar-refractivity contribution is -0.129. The van der Waals surface area contributed by atoms with E-state index in [2.05, 4.69) is 34.4 Å². The molecule has 0 aromatic carbocycles. The summed E-state index contributed by atoms with van der Waals surface area (Å²) in [7, 11) is 0. The second-order valence-electron chi connectivity index (χ2n) is 5.90. The first kappa shape index (κ1) is 16.2. The molecule has 1 saturated heterocycles. The minimum atomic E-state index is -0.234. The van der Waals surface area contributed by atoms with E-state index in [1.165, 1.54) is 0 Å². The van der Waals surface area contributed by atoms with Crippen LogP contribution in [-0.2, 0) is 9.59 Å². The Kier molecular flexibility index (Phi) is 5.68. The van der Waals surface area contributed by atoms with E-state index in [1.807, 2.05) is 0 Å². The van der Waals surface area contributed by atoms with Crippen molar-refractivity contribution in [2.45, 2.75) is 20.3 Å². The van der Waals surface area contributed by atoms with Gasteiger partial charge in [0.25, 0.3) is 0 Å². The van der Waals surface area contributed by atoms with Crippen molar-refractivity contribution in [3.63, 3.8) is 0 Å². The number of likely N-dealkylation sites (tertiary alicyclic amines) is 1. The number of amides is 2. The van der Waals surface area contributed by atoms with Crippen LogP contribution in [0, 0.1) is 11.8 Å². The second-order valence-corrected chi connectivity index (χ2v) is 5.90. The zero-order chi connectivity index (χ0) is 15.9. The highest BCUT2D eigenvalue weighted by atomic mass is 16.2. The molecule has 2 heterocycles. The second kappa shape index (κ2) is 7.72. The van der Waals surface area contributed by atoms with Crippen LogP contribution in [-0.4, -0.2) is 52.9 Å². The van der Waals surface area contributed by atoms with Crippen molar-refractivity contribution < 1.29 is 9.59 Å². The van der Waals surface area contributed by atoms with E-state index in [-0.39, 0.29) is 17.7 Å². The molecule has 1 aromatic rings. The molecule has 2 rings (SSSR count). The molecule has 7 heteroatoms. The Balaban J connectivity index is 1.68. The normalized spacial score (nSPS) is 17.9. The maximum absolute atomic E-state index is 12.1. The monoisotopic (exact) mass is 305 g/mol. The average Bonchev–Trinajstić information content (AvgIpc) is 2.85. The molecule has 2 N–H and O–H groups in total. The Morgan fingerprint density at radius 1 is 1.41 bits per heavy atom. The molecular formula is C15H23N5O2.